The number of carbonyl (C=O) groups excluding carboxylic acids is 1. The molecule has 102 valence electrons. The van der Waals surface area contributed by atoms with Gasteiger partial charge in [0.2, 0.25) is 5.91 Å². The van der Waals surface area contributed by atoms with Crippen molar-refractivity contribution in [1.82, 2.24) is 0 Å². The maximum Gasteiger partial charge on any atom is 0.244 e. The number of amides is 1. The van der Waals surface area contributed by atoms with Crippen LogP contribution in [0.3, 0.4) is 0 Å². The molecule has 0 unspecified atom stereocenters. The van der Waals surface area contributed by atoms with Crippen LogP contribution < -0.4 is 10.2 Å². The summed E-state index contributed by atoms with van der Waals surface area (Å²) in [6, 6.07) is 9.39. The highest BCUT2D eigenvalue weighted by atomic mass is 19.1. The smallest absolute Gasteiger partial charge is 0.244 e. The summed E-state index contributed by atoms with van der Waals surface area (Å²) in [5.74, 6) is -1.77. The molecule has 2 aromatic rings. The van der Waals surface area contributed by atoms with Gasteiger partial charge in [0.15, 0.2) is 5.82 Å². The fourth-order valence-corrected chi connectivity index (χ4v) is 2.26. The van der Waals surface area contributed by atoms with Crippen LogP contribution in [0.2, 0.25) is 0 Å². The van der Waals surface area contributed by atoms with Gasteiger partial charge in [-0.05, 0) is 25.1 Å². The number of carbonyl (C=O) groups is 1. The first kappa shape index (κ1) is 12.6. The number of fused-ring (bicyclic) bond motifs is 1. The fourth-order valence-electron chi connectivity index (χ4n) is 2.26. The third-order valence-electron chi connectivity index (χ3n) is 3.24. The number of benzene rings is 2. The van der Waals surface area contributed by atoms with E-state index in [2.05, 4.69) is 5.32 Å². The summed E-state index contributed by atoms with van der Waals surface area (Å²) in [7, 11) is 0. The van der Waals surface area contributed by atoms with Crippen LogP contribution >= 0.6 is 0 Å². The predicted octanol–water partition coefficient (Wildman–Crippen LogP) is 3.36. The lowest BCUT2D eigenvalue weighted by atomic mass is 10.1. The average molecular weight is 274 g/mol. The molecule has 2 aromatic carbocycles. The van der Waals surface area contributed by atoms with E-state index < -0.39 is 11.6 Å². The molecule has 0 radical (unpaired) electrons. The molecular formula is C15H12F2N2O. The molecule has 5 heteroatoms. The molecule has 0 atom stereocenters. The zero-order valence-electron chi connectivity index (χ0n) is 10.8. The first-order chi connectivity index (χ1) is 9.54. The van der Waals surface area contributed by atoms with E-state index in [1.54, 1.807) is 4.90 Å². The van der Waals surface area contributed by atoms with Crippen LogP contribution in [0.5, 0.6) is 0 Å². The molecule has 20 heavy (non-hydrogen) atoms. The largest absolute Gasteiger partial charge is 0.330 e. The third-order valence-corrected chi connectivity index (χ3v) is 3.24. The summed E-state index contributed by atoms with van der Waals surface area (Å²) in [4.78, 5) is 13.3. The van der Waals surface area contributed by atoms with Crippen LogP contribution in [-0.2, 0) is 4.79 Å². The highest BCUT2D eigenvalue weighted by molar-refractivity contribution is 6.03. The topological polar surface area (TPSA) is 32.3 Å². The molecule has 1 aliphatic rings. The van der Waals surface area contributed by atoms with Crippen LogP contribution in [0, 0.1) is 18.6 Å². The number of nitrogens with zero attached hydrogens (tertiary/aromatic N) is 1. The first-order valence-electron chi connectivity index (χ1n) is 6.18. The minimum Gasteiger partial charge on any atom is -0.330 e. The number of hydrogen-bond donors (Lipinski definition) is 1. The number of hydrogen-bond acceptors (Lipinski definition) is 2. The normalized spacial score (nSPS) is 13.9. The maximum atomic E-state index is 13.8. The molecular weight excluding hydrogens is 262 g/mol. The Labute approximate surface area is 114 Å². The van der Waals surface area contributed by atoms with Gasteiger partial charge in [0, 0.05) is 11.8 Å². The molecule has 0 fully saturated rings. The minimum absolute atomic E-state index is 0.0169. The second-order valence-electron chi connectivity index (χ2n) is 4.75. The average Bonchev–Trinajstić information content (AvgIpc) is 2.40. The Morgan fingerprint density at radius 3 is 2.55 bits per heavy atom. The van der Waals surface area contributed by atoms with E-state index in [9.17, 15) is 13.6 Å². The Kier molecular flexibility index (Phi) is 2.89. The van der Waals surface area contributed by atoms with Crippen LogP contribution in [0.25, 0.3) is 0 Å². The molecule has 3 rings (SSSR count). The van der Waals surface area contributed by atoms with Crippen molar-refractivity contribution in [2.75, 3.05) is 16.8 Å². The second-order valence-corrected chi connectivity index (χ2v) is 4.75. The van der Waals surface area contributed by atoms with Gasteiger partial charge in [0.25, 0.3) is 0 Å². The summed E-state index contributed by atoms with van der Waals surface area (Å²) in [5.41, 5.74) is 2.13. The van der Waals surface area contributed by atoms with Crippen LogP contribution in [0.15, 0.2) is 36.4 Å². The first-order valence-corrected chi connectivity index (χ1v) is 6.18. The Morgan fingerprint density at radius 1 is 1.15 bits per heavy atom. The van der Waals surface area contributed by atoms with Crippen molar-refractivity contribution >= 4 is 23.0 Å². The van der Waals surface area contributed by atoms with Crippen molar-refractivity contribution in [2.45, 2.75) is 6.92 Å². The van der Waals surface area contributed by atoms with E-state index in [0.717, 1.165) is 17.3 Å². The molecule has 1 heterocycles. The lowest BCUT2D eigenvalue weighted by molar-refractivity contribution is -0.115. The molecule has 0 bridgehead atoms. The van der Waals surface area contributed by atoms with Gasteiger partial charge in [-0.1, -0.05) is 17.7 Å². The Bertz CT molecular complexity index is 683. The lowest BCUT2D eigenvalue weighted by Crippen LogP contribution is -2.35. The Hall–Kier alpha value is -2.43. The van der Waals surface area contributed by atoms with Gasteiger partial charge in [-0.15, -0.1) is 0 Å². The number of anilines is 3. The van der Waals surface area contributed by atoms with Crippen molar-refractivity contribution in [3.63, 3.8) is 0 Å². The van der Waals surface area contributed by atoms with Gasteiger partial charge in [-0.25, -0.2) is 8.78 Å². The zero-order chi connectivity index (χ0) is 14.3. The quantitative estimate of drug-likeness (QED) is 0.864. The molecule has 0 saturated heterocycles. The number of nitrogens with one attached hydrogen (secondary N) is 1. The van der Waals surface area contributed by atoms with Gasteiger partial charge >= 0.3 is 0 Å². The Morgan fingerprint density at radius 2 is 1.85 bits per heavy atom. The number of aryl methyl sites for hydroxylation is 1. The molecule has 3 nitrogen and oxygen atoms in total. The van der Waals surface area contributed by atoms with Crippen molar-refractivity contribution in [2.24, 2.45) is 0 Å². The Balaban J connectivity index is 2.14. The lowest BCUT2D eigenvalue weighted by Gasteiger charge is -2.31. The summed E-state index contributed by atoms with van der Waals surface area (Å²) in [6.45, 7) is 1.97. The van der Waals surface area contributed by atoms with Gasteiger partial charge in [-0.3, -0.25) is 4.79 Å². The van der Waals surface area contributed by atoms with Gasteiger partial charge in [0.05, 0.1) is 5.69 Å². The SMILES string of the molecule is Cc1ccc(N2CC(=O)Nc3c(F)cc(F)cc32)cc1. The van der Waals surface area contributed by atoms with Crippen LogP contribution in [-0.4, -0.2) is 12.5 Å². The van der Waals surface area contributed by atoms with Gasteiger partial charge in [0.1, 0.15) is 18.0 Å². The van der Waals surface area contributed by atoms with Crippen molar-refractivity contribution in [3.05, 3.63) is 53.6 Å². The van der Waals surface area contributed by atoms with E-state index in [-0.39, 0.29) is 18.1 Å². The van der Waals surface area contributed by atoms with Crippen molar-refractivity contribution in [1.29, 1.82) is 0 Å². The van der Waals surface area contributed by atoms with E-state index in [1.807, 2.05) is 31.2 Å². The van der Waals surface area contributed by atoms with Crippen molar-refractivity contribution < 1.29 is 13.6 Å². The molecule has 1 N–H and O–H groups in total. The number of rotatable bonds is 1. The molecule has 0 aliphatic carbocycles. The molecule has 0 spiro atoms. The van der Waals surface area contributed by atoms with Gasteiger partial charge in [-0.2, -0.15) is 0 Å². The molecule has 1 amide bonds. The maximum absolute atomic E-state index is 13.8. The van der Waals surface area contributed by atoms with E-state index in [1.165, 1.54) is 6.07 Å². The van der Waals surface area contributed by atoms with E-state index in [4.69, 9.17) is 0 Å². The standard InChI is InChI=1S/C15H12F2N2O/c1-9-2-4-11(5-3-9)19-8-14(20)18-15-12(17)6-10(16)7-13(15)19/h2-7H,8H2,1H3,(H,18,20). The minimum atomic E-state index is -0.773. The van der Waals surface area contributed by atoms with Crippen LogP contribution in [0.4, 0.5) is 25.8 Å². The zero-order valence-corrected chi connectivity index (χ0v) is 10.8. The molecule has 1 aliphatic heterocycles. The fraction of sp³-hybridized carbons (Fsp3) is 0.133. The summed E-state index contributed by atoms with van der Waals surface area (Å²) >= 11 is 0. The van der Waals surface area contributed by atoms with Crippen molar-refractivity contribution in [3.8, 4) is 0 Å². The highest BCUT2D eigenvalue weighted by Crippen LogP contribution is 2.37. The van der Waals surface area contributed by atoms with Crippen LogP contribution in [0.1, 0.15) is 5.56 Å². The summed E-state index contributed by atoms with van der Waals surface area (Å²) in [5, 5.41) is 2.44. The van der Waals surface area contributed by atoms with Gasteiger partial charge < -0.3 is 10.2 Å². The third kappa shape index (κ3) is 2.11. The molecule has 0 aromatic heterocycles. The summed E-state index contributed by atoms with van der Waals surface area (Å²) < 4.78 is 27.2. The monoisotopic (exact) mass is 274 g/mol. The highest BCUT2D eigenvalue weighted by Gasteiger charge is 2.26. The number of halogens is 2. The predicted molar refractivity (Wildman–Crippen MR) is 73.2 cm³/mol. The second kappa shape index (κ2) is 4.59. The van der Waals surface area contributed by atoms with E-state index >= 15 is 0 Å². The summed E-state index contributed by atoms with van der Waals surface area (Å²) in [6.07, 6.45) is 0. The van der Waals surface area contributed by atoms with E-state index in [0.29, 0.717) is 5.69 Å². The molecule has 0 saturated carbocycles.